The first-order chi connectivity index (χ1) is 9.99. The van der Waals surface area contributed by atoms with E-state index in [1.807, 2.05) is 0 Å². The number of hydrogen-bond donors (Lipinski definition) is 3. The van der Waals surface area contributed by atoms with Crippen molar-refractivity contribution in [1.29, 1.82) is 0 Å². The summed E-state index contributed by atoms with van der Waals surface area (Å²) in [4.78, 5) is 32.8. The lowest BCUT2D eigenvalue weighted by atomic mass is 10.2. The Morgan fingerprint density at radius 1 is 1.14 bits per heavy atom. The van der Waals surface area contributed by atoms with Crippen molar-refractivity contribution in [2.24, 2.45) is 0 Å². The predicted octanol–water partition coefficient (Wildman–Crippen LogP) is 1.29. The Bertz CT molecular complexity index is 495. The Labute approximate surface area is 122 Å². The van der Waals surface area contributed by atoms with Crippen LogP contribution in [-0.2, 0) is 16.1 Å². The molecule has 0 saturated carbocycles. The third-order valence-corrected chi connectivity index (χ3v) is 2.79. The van der Waals surface area contributed by atoms with Gasteiger partial charge >= 0.3 is 5.97 Å². The van der Waals surface area contributed by atoms with Crippen LogP contribution in [0.2, 0.25) is 0 Å². The van der Waals surface area contributed by atoms with Gasteiger partial charge in [-0.1, -0.05) is 6.42 Å². The van der Waals surface area contributed by atoms with E-state index in [0.717, 1.165) is 19.3 Å². The summed E-state index contributed by atoms with van der Waals surface area (Å²) in [5.74, 6) is -1.02. The molecule has 7 heteroatoms. The minimum absolute atomic E-state index is 0.0491. The van der Waals surface area contributed by atoms with Crippen molar-refractivity contribution in [2.45, 2.75) is 39.2 Å². The summed E-state index contributed by atoms with van der Waals surface area (Å²) in [7, 11) is 0. The molecule has 0 radical (unpaired) electrons. The molecule has 1 aromatic rings. The maximum atomic E-state index is 11.6. The van der Waals surface area contributed by atoms with E-state index in [1.165, 1.54) is 19.1 Å². The fourth-order valence-corrected chi connectivity index (χ4v) is 1.71. The molecule has 2 amide bonds. The standard InChI is InChI=1S/C14H20N2O5/c1-10(17)15-8-4-2-3-5-13(18)16-9-11-6-7-12(21-11)14(19)20/h6-7H,2-5,8-9H2,1H3,(H,15,17)(H,16,18)(H,19,20). The van der Waals surface area contributed by atoms with Gasteiger partial charge in [0.15, 0.2) is 0 Å². The van der Waals surface area contributed by atoms with Crippen molar-refractivity contribution in [3.8, 4) is 0 Å². The van der Waals surface area contributed by atoms with Gasteiger partial charge in [-0.2, -0.15) is 0 Å². The minimum Gasteiger partial charge on any atom is -0.475 e. The summed E-state index contributed by atoms with van der Waals surface area (Å²) < 4.78 is 5.02. The third kappa shape index (κ3) is 7.14. The Kier molecular flexibility index (Phi) is 7.00. The van der Waals surface area contributed by atoms with Crippen LogP contribution in [-0.4, -0.2) is 29.4 Å². The smallest absolute Gasteiger partial charge is 0.371 e. The number of hydrogen-bond acceptors (Lipinski definition) is 4. The van der Waals surface area contributed by atoms with Crippen LogP contribution in [0.15, 0.2) is 16.5 Å². The monoisotopic (exact) mass is 296 g/mol. The molecule has 3 N–H and O–H groups in total. The second kappa shape index (κ2) is 8.78. The molecule has 1 heterocycles. The van der Waals surface area contributed by atoms with Gasteiger partial charge in [0.25, 0.3) is 0 Å². The molecular formula is C14H20N2O5. The van der Waals surface area contributed by atoms with Gasteiger partial charge < -0.3 is 20.2 Å². The molecule has 1 rings (SSSR count). The summed E-state index contributed by atoms with van der Waals surface area (Å²) in [5, 5.41) is 14.0. The molecule has 0 spiro atoms. The van der Waals surface area contributed by atoms with Gasteiger partial charge in [0.1, 0.15) is 5.76 Å². The molecule has 0 bridgehead atoms. The Morgan fingerprint density at radius 3 is 2.52 bits per heavy atom. The average Bonchev–Trinajstić information content (AvgIpc) is 2.89. The molecule has 0 saturated heterocycles. The molecule has 1 aromatic heterocycles. The van der Waals surface area contributed by atoms with Gasteiger partial charge in [-0.25, -0.2) is 4.79 Å². The number of carbonyl (C=O) groups excluding carboxylic acids is 2. The fraction of sp³-hybridized carbons (Fsp3) is 0.500. The summed E-state index contributed by atoms with van der Waals surface area (Å²) in [5.41, 5.74) is 0. The van der Waals surface area contributed by atoms with E-state index < -0.39 is 5.97 Å². The zero-order chi connectivity index (χ0) is 15.7. The molecular weight excluding hydrogens is 276 g/mol. The first kappa shape index (κ1) is 16.7. The molecule has 116 valence electrons. The van der Waals surface area contributed by atoms with Crippen LogP contribution < -0.4 is 10.6 Å². The van der Waals surface area contributed by atoms with Crippen LogP contribution in [0.5, 0.6) is 0 Å². The number of amides is 2. The first-order valence-electron chi connectivity index (χ1n) is 6.82. The lowest BCUT2D eigenvalue weighted by Crippen LogP contribution is -2.22. The third-order valence-electron chi connectivity index (χ3n) is 2.79. The highest BCUT2D eigenvalue weighted by Crippen LogP contribution is 2.07. The van der Waals surface area contributed by atoms with Crippen LogP contribution in [0.25, 0.3) is 0 Å². The maximum absolute atomic E-state index is 11.6. The molecule has 0 aromatic carbocycles. The highest BCUT2D eigenvalue weighted by Gasteiger charge is 2.09. The zero-order valence-electron chi connectivity index (χ0n) is 12.0. The van der Waals surface area contributed by atoms with Gasteiger partial charge in [-0.05, 0) is 25.0 Å². The van der Waals surface area contributed by atoms with Crippen molar-refractivity contribution in [3.05, 3.63) is 23.7 Å². The maximum Gasteiger partial charge on any atom is 0.371 e. The van der Waals surface area contributed by atoms with E-state index in [9.17, 15) is 14.4 Å². The quantitative estimate of drug-likeness (QED) is 0.595. The Hall–Kier alpha value is -2.31. The normalized spacial score (nSPS) is 10.1. The van der Waals surface area contributed by atoms with Crippen molar-refractivity contribution < 1.29 is 23.9 Å². The molecule has 0 unspecified atom stereocenters. The highest BCUT2D eigenvalue weighted by atomic mass is 16.4. The van der Waals surface area contributed by atoms with Crippen molar-refractivity contribution in [3.63, 3.8) is 0 Å². The van der Waals surface area contributed by atoms with Gasteiger partial charge in [-0.3, -0.25) is 9.59 Å². The molecule has 0 aliphatic carbocycles. The minimum atomic E-state index is -1.13. The van der Waals surface area contributed by atoms with E-state index in [4.69, 9.17) is 9.52 Å². The molecule has 7 nitrogen and oxygen atoms in total. The second-order valence-electron chi connectivity index (χ2n) is 4.64. The number of rotatable bonds is 9. The second-order valence-corrected chi connectivity index (χ2v) is 4.64. The van der Waals surface area contributed by atoms with Gasteiger partial charge in [-0.15, -0.1) is 0 Å². The van der Waals surface area contributed by atoms with Gasteiger partial charge in [0.05, 0.1) is 6.54 Å². The number of carbonyl (C=O) groups is 3. The molecule has 0 aliphatic heterocycles. The zero-order valence-corrected chi connectivity index (χ0v) is 12.0. The molecule has 21 heavy (non-hydrogen) atoms. The van der Waals surface area contributed by atoms with Crippen LogP contribution in [0.4, 0.5) is 0 Å². The lowest BCUT2D eigenvalue weighted by Gasteiger charge is -2.04. The van der Waals surface area contributed by atoms with Crippen molar-refractivity contribution >= 4 is 17.8 Å². The lowest BCUT2D eigenvalue weighted by molar-refractivity contribution is -0.121. The Balaban J connectivity index is 2.10. The largest absolute Gasteiger partial charge is 0.475 e. The van der Waals surface area contributed by atoms with E-state index in [2.05, 4.69) is 10.6 Å². The van der Waals surface area contributed by atoms with E-state index in [0.29, 0.717) is 18.7 Å². The molecule has 0 fully saturated rings. The number of carboxylic acids is 1. The molecule has 0 atom stereocenters. The Morgan fingerprint density at radius 2 is 1.90 bits per heavy atom. The number of nitrogens with one attached hydrogen (secondary N) is 2. The topological polar surface area (TPSA) is 109 Å². The predicted molar refractivity (Wildman–Crippen MR) is 74.7 cm³/mol. The summed E-state index contributed by atoms with van der Waals surface area (Å²) in [6.45, 7) is 2.27. The van der Waals surface area contributed by atoms with Crippen LogP contribution in [0, 0.1) is 0 Å². The summed E-state index contributed by atoms with van der Waals surface area (Å²) >= 11 is 0. The number of carboxylic acid groups (broad SMARTS) is 1. The first-order valence-corrected chi connectivity index (χ1v) is 6.82. The van der Waals surface area contributed by atoms with E-state index in [1.54, 1.807) is 0 Å². The molecule has 0 aliphatic rings. The number of unbranched alkanes of at least 4 members (excludes halogenated alkanes) is 2. The van der Waals surface area contributed by atoms with Crippen molar-refractivity contribution in [1.82, 2.24) is 10.6 Å². The van der Waals surface area contributed by atoms with Crippen molar-refractivity contribution in [2.75, 3.05) is 6.54 Å². The number of aromatic carboxylic acids is 1. The van der Waals surface area contributed by atoms with Crippen LogP contribution >= 0.6 is 0 Å². The summed E-state index contributed by atoms with van der Waals surface area (Å²) in [6.07, 6.45) is 2.83. The van der Waals surface area contributed by atoms with E-state index in [-0.39, 0.29) is 24.1 Å². The summed E-state index contributed by atoms with van der Waals surface area (Å²) in [6, 6.07) is 2.88. The average molecular weight is 296 g/mol. The highest BCUT2D eigenvalue weighted by molar-refractivity contribution is 5.84. The van der Waals surface area contributed by atoms with Crippen LogP contribution in [0.1, 0.15) is 48.9 Å². The van der Waals surface area contributed by atoms with Gasteiger partial charge in [0.2, 0.25) is 17.6 Å². The number of furan rings is 1. The van der Waals surface area contributed by atoms with E-state index >= 15 is 0 Å². The fourth-order valence-electron chi connectivity index (χ4n) is 1.71. The SMILES string of the molecule is CC(=O)NCCCCCC(=O)NCc1ccc(C(=O)O)o1. The van der Waals surface area contributed by atoms with Crippen LogP contribution in [0.3, 0.4) is 0 Å². The van der Waals surface area contributed by atoms with Gasteiger partial charge in [0, 0.05) is 19.9 Å².